The van der Waals surface area contributed by atoms with Gasteiger partial charge in [0, 0.05) is 39.3 Å². The third kappa shape index (κ3) is 48.1. The minimum absolute atomic E-state index is 0.155. The topological polar surface area (TPSA) is 140 Å². The molecule has 0 aromatic heterocycles. The number of rotatable bonds is 54. The van der Waals surface area contributed by atoms with Gasteiger partial charge in [-0.25, -0.2) is 0 Å². The van der Waals surface area contributed by atoms with Crippen molar-refractivity contribution in [3.8, 4) is 0 Å². The van der Waals surface area contributed by atoms with Gasteiger partial charge in [0.05, 0.1) is 37.6 Å². The van der Waals surface area contributed by atoms with E-state index in [0.717, 1.165) is 77.0 Å². The zero-order chi connectivity index (χ0) is 49.3. The van der Waals surface area contributed by atoms with Gasteiger partial charge in [0.2, 0.25) is 0 Å². The first-order valence-corrected chi connectivity index (χ1v) is 29.1. The van der Waals surface area contributed by atoms with E-state index >= 15 is 0 Å². The van der Waals surface area contributed by atoms with E-state index in [1.807, 2.05) is 0 Å². The van der Waals surface area contributed by atoms with E-state index < -0.39 is 42.8 Å². The monoisotopic (exact) mass is 955 g/mol. The van der Waals surface area contributed by atoms with Crippen molar-refractivity contribution < 1.29 is 39.5 Å². The average molecular weight is 956 g/mol. The molecule has 0 aliphatic carbocycles. The van der Waals surface area contributed by atoms with Crippen molar-refractivity contribution in [2.45, 2.75) is 303 Å². The number of nitrogens with zero attached hydrogens (tertiary/aromatic N) is 2. The van der Waals surface area contributed by atoms with E-state index in [0.29, 0.717) is 52.1 Å². The molecule has 0 spiro atoms. The molecule has 0 fully saturated rings. The summed E-state index contributed by atoms with van der Waals surface area (Å²) < 4.78 is 10.9. The van der Waals surface area contributed by atoms with Crippen molar-refractivity contribution in [1.82, 2.24) is 9.80 Å². The summed E-state index contributed by atoms with van der Waals surface area (Å²) in [5, 5.41) is 43.8. The molecule has 0 amide bonds. The van der Waals surface area contributed by atoms with Crippen molar-refractivity contribution in [1.29, 1.82) is 0 Å². The first kappa shape index (κ1) is 65.7. The fourth-order valence-electron chi connectivity index (χ4n) is 9.30. The van der Waals surface area contributed by atoms with E-state index in [1.54, 1.807) is 0 Å². The molecule has 0 aromatic carbocycles. The van der Waals surface area contributed by atoms with Crippen molar-refractivity contribution >= 4 is 11.9 Å². The minimum atomic E-state index is -0.615. The van der Waals surface area contributed by atoms with Crippen molar-refractivity contribution in [2.75, 3.05) is 52.5 Å². The van der Waals surface area contributed by atoms with Crippen LogP contribution in [-0.2, 0) is 19.1 Å². The molecular weight excluding hydrogens is 841 g/mol. The second-order valence-electron chi connectivity index (χ2n) is 20.5. The van der Waals surface area contributed by atoms with Gasteiger partial charge in [0.15, 0.2) is 0 Å². The van der Waals surface area contributed by atoms with Crippen LogP contribution in [0.15, 0.2) is 0 Å². The van der Waals surface area contributed by atoms with Crippen LogP contribution in [0.3, 0.4) is 0 Å². The highest BCUT2D eigenvalue weighted by Crippen LogP contribution is 2.16. The van der Waals surface area contributed by atoms with Gasteiger partial charge in [0.1, 0.15) is 6.42 Å². The van der Waals surface area contributed by atoms with Crippen molar-refractivity contribution in [3.63, 3.8) is 0 Å². The summed E-state index contributed by atoms with van der Waals surface area (Å²) in [6.45, 7) is 12.4. The third-order valence-corrected chi connectivity index (χ3v) is 13.5. The largest absolute Gasteiger partial charge is 0.465 e. The summed E-state index contributed by atoms with van der Waals surface area (Å²) in [6, 6.07) is 0. The number of hydrogen-bond donors (Lipinski definition) is 4. The van der Waals surface area contributed by atoms with E-state index in [1.165, 1.54) is 154 Å². The van der Waals surface area contributed by atoms with Crippen LogP contribution in [0, 0.1) is 0 Å². The highest BCUT2D eigenvalue weighted by atomic mass is 16.6. The Bertz CT molecular complexity index is 902. The Morgan fingerprint density at radius 2 is 0.537 bits per heavy atom. The zero-order valence-electron chi connectivity index (χ0n) is 44.9. The number of unbranched alkanes of at least 4 members (excludes halogenated alkanes) is 28. The third-order valence-electron chi connectivity index (χ3n) is 13.5. The molecule has 0 rings (SSSR count). The Balaban J connectivity index is 4.84. The lowest BCUT2D eigenvalue weighted by molar-refractivity contribution is -0.154. The molecule has 400 valence electrons. The molecule has 4 unspecified atom stereocenters. The molecule has 0 radical (unpaired) electrons. The van der Waals surface area contributed by atoms with Gasteiger partial charge in [-0.1, -0.05) is 233 Å². The summed E-state index contributed by atoms with van der Waals surface area (Å²) in [4.78, 5) is 29.5. The normalized spacial score (nSPS) is 13.6. The first-order valence-electron chi connectivity index (χ1n) is 29.1. The molecule has 0 aliphatic heterocycles. The lowest BCUT2D eigenvalue weighted by Crippen LogP contribution is -2.39. The number of ether oxygens (including phenoxy) is 2. The number of hydrogen-bond acceptors (Lipinski definition) is 10. The highest BCUT2D eigenvalue weighted by Gasteiger charge is 2.19. The first-order chi connectivity index (χ1) is 32.6. The molecule has 4 atom stereocenters. The second kappa shape index (κ2) is 51.1. The number of carbonyl (C=O) groups excluding carboxylic acids is 2. The Kier molecular flexibility index (Phi) is 50.1. The zero-order valence-corrected chi connectivity index (χ0v) is 44.9. The van der Waals surface area contributed by atoms with Crippen LogP contribution in [0.25, 0.3) is 0 Å². The van der Waals surface area contributed by atoms with Crippen molar-refractivity contribution in [3.05, 3.63) is 0 Å². The second-order valence-corrected chi connectivity index (χ2v) is 20.5. The fraction of sp³-hybridized carbons (Fsp3) is 0.965. The number of esters is 2. The van der Waals surface area contributed by atoms with Gasteiger partial charge >= 0.3 is 11.9 Å². The molecule has 10 nitrogen and oxygen atoms in total. The van der Waals surface area contributed by atoms with Gasteiger partial charge in [-0.05, 0) is 38.5 Å². The molecule has 67 heavy (non-hydrogen) atoms. The lowest BCUT2D eigenvalue weighted by atomic mass is 10.0. The van der Waals surface area contributed by atoms with E-state index in [9.17, 15) is 30.0 Å². The Morgan fingerprint density at radius 1 is 0.328 bits per heavy atom. The molecule has 0 saturated heterocycles. The Labute approximate surface area is 414 Å². The van der Waals surface area contributed by atoms with Gasteiger partial charge in [-0.2, -0.15) is 0 Å². The molecule has 0 aliphatic rings. The summed E-state index contributed by atoms with van der Waals surface area (Å²) in [6.07, 6.45) is 40.9. The number of carbonyl (C=O) groups is 2. The van der Waals surface area contributed by atoms with Gasteiger partial charge in [-0.3, -0.25) is 19.4 Å². The average Bonchev–Trinajstić information content (AvgIpc) is 3.30. The van der Waals surface area contributed by atoms with Crippen molar-refractivity contribution in [2.24, 2.45) is 0 Å². The predicted molar refractivity (Wildman–Crippen MR) is 282 cm³/mol. The number of aliphatic hydroxyl groups excluding tert-OH is 4. The van der Waals surface area contributed by atoms with Crippen LogP contribution in [0.1, 0.15) is 278 Å². The highest BCUT2D eigenvalue weighted by molar-refractivity contribution is 5.91. The molecule has 0 aromatic rings. The van der Waals surface area contributed by atoms with E-state index in [2.05, 4.69) is 37.5 Å². The van der Waals surface area contributed by atoms with E-state index in [4.69, 9.17) is 9.47 Å². The quantitative estimate of drug-likeness (QED) is 0.0265. The van der Waals surface area contributed by atoms with Crippen LogP contribution in [-0.4, -0.2) is 119 Å². The minimum Gasteiger partial charge on any atom is -0.465 e. The summed E-state index contributed by atoms with van der Waals surface area (Å²) in [7, 11) is 0. The predicted octanol–water partition coefficient (Wildman–Crippen LogP) is 13.4. The van der Waals surface area contributed by atoms with Crippen LogP contribution >= 0.6 is 0 Å². The maximum atomic E-state index is 12.6. The maximum Gasteiger partial charge on any atom is 0.317 e. The molecule has 0 saturated carbocycles. The van der Waals surface area contributed by atoms with Crippen LogP contribution in [0.2, 0.25) is 0 Å². The van der Waals surface area contributed by atoms with Gasteiger partial charge in [-0.15, -0.1) is 0 Å². The molecule has 0 heterocycles. The molecule has 4 N–H and O–H groups in total. The molecule has 10 heteroatoms. The van der Waals surface area contributed by atoms with Crippen LogP contribution < -0.4 is 0 Å². The van der Waals surface area contributed by atoms with Gasteiger partial charge < -0.3 is 29.9 Å². The van der Waals surface area contributed by atoms with Crippen LogP contribution in [0.4, 0.5) is 0 Å². The van der Waals surface area contributed by atoms with Gasteiger partial charge in [0.25, 0.3) is 0 Å². The fourth-order valence-corrected chi connectivity index (χ4v) is 9.30. The summed E-state index contributed by atoms with van der Waals surface area (Å²) in [5.41, 5.74) is 0. The molecule has 0 bridgehead atoms. The van der Waals surface area contributed by atoms with Crippen LogP contribution in [0.5, 0.6) is 0 Å². The summed E-state index contributed by atoms with van der Waals surface area (Å²) >= 11 is 0. The lowest BCUT2D eigenvalue weighted by Gasteiger charge is -2.27. The number of aliphatic hydroxyl groups is 4. The van der Waals surface area contributed by atoms with E-state index in [-0.39, 0.29) is 13.2 Å². The standard InChI is InChI=1S/C57H114N2O8/c1-5-9-13-17-21-25-29-33-39-52(60)48-58(49-53(61)40-34-30-26-22-18-14-10-6-2)43-37-45-66-56(64)47-57(65)67-46-38-44-59(50-54(62)41-35-31-27-23-19-15-11-7-3)51-55(63)42-36-32-28-24-20-16-12-8-4/h52-55,60-63H,5-51H2,1-4H3. The molecular formula is C57H114N2O8. The Hall–Kier alpha value is -1.30. The summed E-state index contributed by atoms with van der Waals surface area (Å²) in [5.74, 6) is -1.23. The SMILES string of the molecule is CCCCCCCCCCC(O)CN(CCCOC(=O)CC(=O)OCCCN(CC(O)CCCCCCCCCC)CC(O)CCCCCCCCCC)CC(O)CCCCCCCCCC. The smallest absolute Gasteiger partial charge is 0.317 e. The Morgan fingerprint density at radius 3 is 0.761 bits per heavy atom. The maximum absolute atomic E-state index is 12.6.